The van der Waals surface area contributed by atoms with Crippen molar-refractivity contribution in [2.45, 2.75) is 11.7 Å². The van der Waals surface area contributed by atoms with Gasteiger partial charge in [0.25, 0.3) is 0 Å². The van der Waals surface area contributed by atoms with Crippen LogP contribution >= 0.6 is 0 Å². The third kappa shape index (κ3) is 2.54. The molecule has 3 rings (SSSR count). The number of hydrogen-bond donors (Lipinski definition) is 0. The molecule has 0 bridgehead atoms. The molecule has 1 aliphatic rings. The summed E-state index contributed by atoms with van der Waals surface area (Å²) in [6.07, 6.45) is 4.54. The monoisotopic (exact) mass is 309 g/mol. The van der Waals surface area contributed by atoms with Gasteiger partial charge < -0.3 is 9.47 Å². The Bertz CT molecular complexity index is 774. The quantitative estimate of drug-likeness (QED) is 0.801. The number of benzene rings is 1. The van der Waals surface area contributed by atoms with E-state index in [-0.39, 0.29) is 13.0 Å². The molecule has 110 valence electrons. The van der Waals surface area contributed by atoms with E-state index in [0.29, 0.717) is 11.4 Å². The highest BCUT2D eigenvalue weighted by Gasteiger charge is 2.39. The standard InChI is InChI=1S/C13H12FN3O3S/c14-21(19,20)10-7-13(18)17(8-10)12-4-2-1-3-11(12)16-6-5-15-9-16/h1-6,9-10H,7-8H2. The molecule has 6 nitrogen and oxygen atoms in total. The van der Waals surface area contributed by atoms with Crippen molar-refractivity contribution in [2.75, 3.05) is 11.4 Å². The van der Waals surface area contributed by atoms with Gasteiger partial charge >= 0.3 is 10.2 Å². The predicted molar refractivity (Wildman–Crippen MR) is 74.3 cm³/mol. The van der Waals surface area contributed by atoms with Crippen molar-refractivity contribution < 1.29 is 17.1 Å². The Morgan fingerprint density at radius 3 is 2.52 bits per heavy atom. The summed E-state index contributed by atoms with van der Waals surface area (Å²) in [5.41, 5.74) is 1.21. The lowest BCUT2D eigenvalue weighted by atomic mass is 10.2. The molecule has 0 spiro atoms. The molecule has 0 N–H and O–H groups in total. The smallest absolute Gasteiger partial charge is 0.307 e. The molecule has 1 atom stereocenters. The molecule has 2 heterocycles. The maximum absolute atomic E-state index is 13.1. The van der Waals surface area contributed by atoms with Crippen LogP contribution in [-0.2, 0) is 15.0 Å². The molecule has 1 amide bonds. The second-order valence-electron chi connectivity index (χ2n) is 4.76. The third-order valence-electron chi connectivity index (χ3n) is 3.44. The number of carbonyl (C=O) groups excluding carboxylic acids is 1. The third-order valence-corrected chi connectivity index (χ3v) is 4.55. The average Bonchev–Trinajstić information content (AvgIpc) is 3.07. The highest BCUT2D eigenvalue weighted by atomic mass is 32.3. The van der Waals surface area contributed by atoms with E-state index in [1.54, 1.807) is 47.6 Å². The van der Waals surface area contributed by atoms with E-state index >= 15 is 0 Å². The van der Waals surface area contributed by atoms with Gasteiger partial charge in [-0.3, -0.25) is 4.79 Å². The molecular formula is C13H12FN3O3S. The molecule has 0 aliphatic carbocycles. The topological polar surface area (TPSA) is 72.3 Å². The van der Waals surface area contributed by atoms with Gasteiger partial charge in [0.1, 0.15) is 5.25 Å². The van der Waals surface area contributed by atoms with Crippen molar-refractivity contribution in [1.82, 2.24) is 9.55 Å². The number of imidazole rings is 1. The van der Waals surface area contributed by atoms with Crippen LogP contribution in [0, 0.1) is 0 Å². The number of carbonyl (C=O) groups is 1. The number of halogens is 1. The van der Waals surface area contributed by atoms with Crippen LogP contribution in [0.4, 0.5) is 9.57 Å². The highest BCUT2D eigenvalue weighted by Crippen LogP contribution is 2.30. The number of amides is 1. The summed E-state index contributed by atoms with van der Waals surface area (Å²) in [5.74, 6) is -0.409. The van der Waals surface area contributed by atoms with Gasteiger partial charge in [-0.2, -0.15) is 8.42 Å². The van der Waals surface area contributed by atoms with Crippen LogP contribution in [0.3, 0.4) is 0 Å². The molecule has 8 heteroatoms. The largest absolute Gasteiger partial charge is 0.309 e. The van der Waals surface area contributed by atoms with E-state index in [1.807, 2.05) is 0 Å². The van der Waals surface area contributed by atoms with Gasteiger partial charge in [0.2, 0.25) is 5.91 Å². The van der Waals surface area contributed by atoms with Gasteiger partial charge in [-0.15, -0.1) is 3.89 Å². The fraction of sp³-hybridized carbons (Fsp3) is 0.231. The van der Waals surface area contributed by atoms with Crippen LogP contribution in [0.15, 0.2) is 43.0 Å². The molecule has 1 aliphatic heterocycles. The van der Waals surface area contributed by atoms with E-state index < -0.39 is 21.4 Å². The van der Waals surface area contributed by atoms with Gasteiger partial charge in [-0.05, 0) is 12.1 Å². The van der Waals surface area contributed by atoms with Crippen molar-refractivity contribution in [2.24, 2.45) is 0 Å². The lowest BCUT2D eigenvalue weighted by molar-refractivity contribution is -0.117. The zero-order chi connectivity index (χ0) is 15.0. The van der Waals surface area contributed by atoms with Crippen molar-refractivity contribution in [1.29, 1.82) is 0 Å². The van der Waals surface area contributed by atoms with Gasteiger partial charge in [-0.25, -0.2) is 4.98 Å². The fourth-order valence-electron chi connectivity index (χ4n) is 2.41. The maximum Gasteiger partial charge on any atom is 0.307 e. The Morgan fingerprint density at radius 2 is 1.95 bits per heavy atom. The Hall–Kier alpha value is -2.22. The summed E-state index contributed by atoms with van der Waals surface area (Å²) in [4.78, 5) is 17.3. The number of aromatic nitrogens is 2. The predicted octanol–water partition coefficient (Wildman–Crippen LogP) is 1.28. The van der Waals surface area contributed by atoms with Crippen LogP contribution in [0.25, 0.3) is 5.69 Å². The highest BCUT2D eigenvalue weighted by molar-refractivity contribution is 7.87. The van der Waals surface area contributed by atoms with E-state index in [0.717, 1.165) is 0 Å². The number of rotatable bonds is 3. The molecule has 21 heavy (non-hydrogen) atoms. The van der Waals surface area contributed by atoms with Crippen LogP contribution < -0.4 is 4.90 Å². The Kier molecular flexibility index (Phi) is 3.25. The minimum Gasteiger partial charge on any atom is -0.309 e. The minimum absolute atomic E-state index is 0.177. The second kappa shape index (κ2) is 4.96. The zero-order valence-electron chi connectivity index (χ0n) is 10.9. The molecule has 1 aromatic heterocycles. The van der Waals surface area contributed by atoms with Crippen molar-refractivity contribution >= 4 is 21.8 Å². The first kappa shape index (κ1) is 13.7. The van der Waals surface area contributed by atoms with Gasteiger partial charge in [0.15, 0.2) is 0 Å². The molecule has 2 aromatic rings. The lowest BCUT2D eigenvalue weighted by Gasteiger charge is -2.20. The number of para-hydroxylation sites is 2. The van der Waals surface area contributed by atoms with Gasteiger partial charge in [0, 0.05) is 25.4 Å². The van der Waals surface area contributed by atoms with E-state index in [2.05, 4.69) is 4.98 Å². The SMILES string of the molecule is O=C1CC(S(=O)(=O)F)CN1c1ccccc1-n1ccnc1. The molecule has 1 fully saturated rings. The molecular weight excluding hydrogens is 297 g/mol. The summed E-state index contributed by atoms with van der Waals surface area (Å²) in [7, 11) is -4.72. The normalized spacial score (nSPS) is 19.2. The molecule has 0 radical (unpaired) electrons. The first-order valence-electron chi connectivity index (χ1n) is 6.28. The first-order chi connectivity index (χ1) is 9.97. The van der Waals surface area contributed by atoms with Crippen molar-refractivity contribution in [3.8, 4) is 5.69 Å². The molecule has 1 unspecified atom stereocenters. The summed E-state index contributed by atoms with van der Waals surface area (Å²) in [6, 6.07) is 7.01. The van der Waals surface area contributed by atoms with Crippen molar-refractivity contribution in [3.63, 3.8) is 0 Å². The van der Waals surface area contributed by atoms with E-state index in [1.165, 1.54) is 4.90 Å². The molecule has 1 aromatic carbocycles. The minimum atomic E-state index is -4.72. The summed E-state index contributed by atoms with van der Waals surface area (Å²) in [6.45, 7) is -0.177. The summed E-state index contributed by atoms with van der Waals surface area (Å²) >= 11 is 0. The van der Waals surface area contributed by atoms with Gasteiger partial charge in [0.05, 0.1) is 17.7 Å². The Balaban J connectivity index is 2.01. The first-order valence-corrected chi connectivity index (χ1v) is 7.72. The van der Waals surface area contributed by atoms with Crippen LogP contribution in [0.2, 0.25) is 0 Å². The van der Waals surface area contributed by atoms with E-state index in [9.17, 15) is 17.1 Å². The maximum atomic E-state index is 13.1. The summed E-state index contributed by atoms with van der Waals surface area (Å²) < 4.78 is 36.8. The second-order valence-corrected chi connectivity index (χ2v) is 6.38. The van der Waals surface area contributed by atoms with Crippen LogP contribution in [-0.4, -0.2) is 35.7 Å². The Labute approximate surface area is 121 Å². The van der Waals surface area contributed by atoms with Crippen molar-refractivity contribution in [3.05, 3.63) is 43.0 Å². The molecule has 0 saturated carbocycles. The number of nitrogens with zero attached hydrogens (tertiary/aromatic N) is 3. The van der Waals surface area contributed by atoms with E-state index in [4.69, 9.17) is 0 Å². The van der Waals surface area contributed by atoms with Crippen LogP contribution in [0.5, 0.6) is 0 Å². The number of anilines is 1. The average molecular weight is 309 g/mol. The fourth-order valence-corrected chi connectivity index (χ4v) is 3.08. The zero-order valence-corrected chi connectivity index (χ0v) is 11.7. The molecule has 1 saturated heterocycles. The van der Waals surface area contributed by atoms with Crippen LogP contribution in [0.1, 0.15) is 6.42 Å². The van der Waals surface area contributed by atoms with Gasteiger partial charge in [-0.1, -0.05) is 12.1 Å². The number of hydrogen-bond acceptors (Lipinski definition) is 4. The lowest BCUT2D eigenvalue weighted by Crippen LogP contribution is -2.27. The summed E-state index contributed by atoms with van der Waals surface area (Å²) in [5, 5.41) is -1.30. The Morgan fingerprint density at radius 1 is 1.24 bits per heavy atom.